The summed E-state index contributed by atoms with van der Waals surface area (Å²) >= 11 is 0. The number of hydrogen-bond acceptors (Lipinski definition) is 3. The van der Waals surface area contributed by atoms with Crippen LogP contribution in [0.15, 0.2) is 16.5 Å². The van der Waals surface area contributed by atoms with E-state index in [1.165, 1.54) is 0 Å². The van der Waals surface area contributed by atoms with Gasteiger partial charge >= 0.3 is 0 Å². The van der Waals surface area contributed by atoms with E-state index in [4.69, 9.17) is 4.42 Å². The minimum Gasteiger partial charge on any atom is -0.459 e. The SMILES string of the molecule is Cc1ccc(C[N+](=O)[O-])o1. The van der Waals surface area contributed by atoms with Crippen LogP contribution in [0.5, 0.6) is 0 Å². The van der Waals surface area contributed by atoms with Gasteiger partial charge in [0.15, 0.2) is 5.76 Å². The predicted molar refractivity (Wildman–Crippen MR) is 34.1 cm³/mol. The molecule has 0 unspecified atom stereocenters. The molecule has 0 spiro atoms. The Morgan fingerprint density at radius 3 is 2.80 bits per heavy atom. The van der Waals surface area contributed by atoms with Crippen LogP contribution in [0, 0.1) is 17.0 Å². The van der Waals surface area contributed by atoms with Gasteiger partial charge in [0.2, 0.25) is 0 Å². The topological polar surface area (TPSA) is 56.3 Å². The molecular weight excluding hydrogens is 134 g/mol. The molecule has 0 aliphatic heterocycles. The summed E-state index contributed by atoms with van der Waals surface area (Å²) in [6, 6.07) is 3.32. The molecule has 54 valence electrons. The minimum atomic E-state index is -0.418. The van der Waals surface area contributed by atoms with Crippen molar-refractivity contribution in [3.63, 3.8) is 0 Å². The molecule has 0 N–H and O–H groups in total. The molecule has 0 radical (unpaired) electrons. The fourth-order valence-corrected chi connectivity index (χ4v) is 0.697. The third-order valence-electron chi connectivity index (χ3n) is 1.08. The van der Waals surface area contributed by atoms with Crippen LogP contribution in [0.25, 0.3) is 0 Å². The van der Waals surface area contributed by atoms with Gasteiger partial charge in [-0.25, -0.2) is 0 Å². The molecule has 1 rings (SSSR count). The zero-order valence-electron chi connectivity index (χ0n) is 5.53. The Balaban J connectivity index is 2.67. The van der Waals surface area contributed by atoms with Gasteiger partial charge in [-0.2, -0.15) is 0 Å². The first-order valence-corrected chi connectivity index (χ1v) is 2.85. The van der Waals surface area contributed by atoms with E-state index in [2.05, 4.69) is 0 Å². The fraction of sp³-hybridized carbons (Fsp3) is 0.333. The van der Waals surface area contributed by atoms with Crippen molar-refractivity contribution in [2.45, 2.75) is 13.5 Å². The van der Waals surface area contributed by atoms with Gasteiger partial charge in [-0.3, -0.25) is 10.1 Å². The van der Waals surface area contributed by atoms with E-state index in [0.717, 1.165) is 0 Å². The summed E-state index contributed by atoms with van der Waals surface area (Å²) in [4.78, 5) is 9.51. The van der Waals surface area contributed by atoms with Crippen molar-refractivity contribution in [2.75, 3.05) is 0 Å². The Bertz CT molecular complexity index is 241. The lowest BCUT2D eigenvalue weighted by molar-refractivity contribution is -0.499. The standard InChI is InChI=1S/C6H7NO3/c1-5-2-3-6(10-5)4-7(8)9/h2-3H,4H2,1H3. The van der Waals surface area contributed by atoms with E-state index >= 15 is 0 Å². The van der Waals surface area contributed by atoms with Crippen molar-refractivity contribution < 1.29 is 9.34 Å². The highest BCUT2D eigenvalue weighted by atomic mass is 16.6. The summed E-state index contributed by atoms with van der Waals surface area (Å²) in [5.41, 5.74) is 0. The zero-order chi connectivity index (χ0) is 7.56. The van der Waals surface area contributed by atoms with Gasteiger partial charge in [-0.1, -0.05) is 0 Å². The third kappa shape index (κ3) is 1.58. The molecule has 0 amide bonds. The summed E-state index contributed by atoms with van der Waals surface area (Å²) in [5, 5.41) is 9.92. The Kier molecular flexibility index (Phi) is 1.71. The summed E-state index contributed by atoms with van der Waals surface area (Å²) in [6.45, 7) is 1.53. The first kappa shape index (κ1) is 6.80. The molecular formula is C6H7NO3. The van der Waals surface area contributed by atoms with Crippen LogP contribution in [-0.2, 0) is 6.54 Å². The number of aryl methyl sites for hydroxylation is 1. The minimum absolute atomic E-state index is 0.228. The molecule has 0 aromatic carbocycles. The average molecular weight is 141 g/mol. The largest absolute Gasteiger partial charge is 0.459 e. The summed E-state index contributed by atoms with van der Waals surface area (Å²) in [5.74, 6) is 1.11. The lowest BCUT2D eigenvalue weighted by Crippen LogP contribution is -1.95. The second kappa shape index (κ2) is 2.51. The predicted octanol–water partition coefficient (Wildman–Crippen LogP) is 1.36. The summed E-state index contributed by atoms with van der Waals surface area (Å²) in [6.07, 6.45) is 0. The second-order valence-corrected chi connectivity index (χ2v) is 2.00. The van der Waals surface area contributed by atoms with Crippen LogP contribution >= 0.6 is 0 Å². The smallest absolute Gasteiger partial charge is 0.260 e. The highest BCUT2D eigenvalue weighted by Gasteiger charge is 2.04. The van der Waals surface area contributed by atoms with E-state index in [-0.39, 0.29) is 6.54 Å². The normalized spacial score (nSPS) is 9.70. The number of rotatable bonds is 2. The van der Waals surface area contributed by atoms with Crippen LogP contribution in [-0.4, -0.2) is 4.92 Å². The highest BCUT2D eigenvalue weighted by molar-refractivity contribution is 5.04. The van der Waals surface area contributed by atoms with Crippen molar-refractivity contribution in [3.05, 3.63) is 33.8 Å². The van der Waals surface area contributed by atoms with Crippen LogP contribution < -0.4 is 0 Å². The van der Waals surface area contributed by atoms with E-state index in [9.17, 15) is 10.1 Å². The number of nitrogens with zero attached hydrogens (tertiary/aromatic N) is 1. The lowest BCUT2D eigenvalue weighted by Gasteiger charge is -1.86. The maximum atomic E-state index is 9.92. The first-order chi connectivity index (χ1) is 4.68. The molecule has 1 aromatic rings. The lowest BCUT2D eigenvalue weighted by atomic mass is 10.4. The Morgan fingerprint density at radius 2 is 2.40 bits per heavy atom. The Hall–Kier alpha value is -1.32. The molecule has 0 saturated heterocycles. The van der Waals surface area contributed by atoms with Gasteiger partial charge in [0.1, 0.15) is 5.76 Å². The second-order valence-electron chi connectivity index (χ2n) is 2.00. The molecule has 0 aliphatic rings. The van der Waals surface area contributed by atoms with Crippen LogP contribution in [0.1, 0.15) is 11.5 Å². The monoisotopic (exact) mass is 141 g/mol. The maximum Gasteiger partial charge on any atom is 0.260 e. The Labute approximate surface area is 57.6 Å². The van der Waals surface area contributed by atoms with E-state index in [1.807, 2.05) is 0 Å². The third-order valence-corrected chi connectivity index (χ3v) is 1.08. The maximum absolute atomic E-state index is 9.92. The van der Waals surface area contributed by atoms with Gasteiger partial charge in [0.25, 0.3) is 6.54 Å². The van der Waals surface area contributed by atoms with Crippen molar-refractivity contribution in [1.29, 1.82) is 0 Å². The van der Waals surface area contributed by atoms with Crippen molar-refractivity contribution in [3.8, 4) is 0 Å². The first-order valence-electron chi connectivity index (χ1n) is 2.85. The fourth-order valence-electron chi connectivity index (χ4n) is 0.697. The van der Waals surface area contributed by atoms with E-state index < -0.39 is 4.92 Å². The Morgan fingerprint density at radius 1 is 1.70 bits per heavy atom. The van der Waals surface area contributed by atoms with Gasteiger partial charge in [-0.15, -0.1) is 0 Å². The van der Waals surface area contributed by atoms with Crippen molar-refractivity contribution >= 4 is 0 Å². The molecule has 1 heterocycles. The molecule has 1 aromatic heterocycles. The molecule has 0 atom stereocenters. The van der Waals surface area contributed by atoms with Gasteiger partial charge in [0, 0.05) is 4.92 Å². The van der Waals surface area contributed by atoms with Gasteiger partial charge < -0.3 is 4.42 Å². The molecule has 4 nitrogen and oxygen atoms in total. The molecule has 0 saturated carbocycles. The number of hydrogen-bond donors (Lipinski definition) is 0. The molecule has 4 heteroatoms. The molecule has 0 bridgehead atoms. The van der Waals surface area contributed by atoms with Crippen molar-refractivity contribution in [1.82, 2.24) is 0 Å². The van der Waals surface area contributed by atoms with Crippen LogP contribution in [0.4, 0.5) is 0 Å². The van der Waals surface area contributed by atoms with E-state index in [0.29, 0.717) is 11.5 Å². The van der Waals surface area contributed by atoms with Crippen LogP contribution in [0.2, 0.25) is 0 Å². The number of nitro groups is 1. The average Bonchev–Trinajstić information content (AvgIpc) is 2.13. The summed E-state index contributed by atoms with van der Waals surface area (Å²) < 4.78 is 4.95. The highest BCUT2D eigenvalue weighted by Crippen LogP contribution is 2.06. The van der Waals surface area contributed by atoms with Crippen LogP contribution in [0.3, 0.4) is 0 Å². The van der Waals surface area contributed by atoms with E-state index in [1.54, 1.807) is 19.1 Å². The molecule has 0 aliphatic carbocycles. The number of furan rings is 1. The van der Waals surface area contributed by atoms with Gasteiger partial charge in [0.05, 0.1) is 0 Å². The molecule has 0 fully saturated rings. The van der Waals surface area contributed by atoms with Gasteiger partial charge in [-0.05, 0) is 19.1 Å². The summed E-state index contributed by atoms with van der Waals surface area (Å²) in [7, 11) is 0. The zero-order valence-corrected chi connectivity index (χ0v) is 5.53. The quantitative estimate of drug-likeness (QED) is 0.461. The molecule has 10 heavy (non-hydrogen) atoms. The van der Waals surface area contributed by atoms with Crippen molar-refractivity contribution in [2.24, 2.45) is 0 Å².